The Morgan fingerprint density at radius 2 is 1.69 bits per heavy atom. The van der Waals surface area contributed by atoms with Crippen molar-refractivity contribution in [3.8, 4) is 11.5 Å². The van der Waals surface area contributed by atoms with Gasteiger partial charge in [0.25, 0.3) is 0 Å². The van der Waals surface area contributed by atoms with Crippen molar-refractivity contribution in [1.29, 1.82) is 0 Å². The lowest BCUT2D eigenvalue weighted by Crippen LogP contribution is -2.02. The Morgan fingerprint density at radius 3 is 2.42 bits per heavy atom. The van der Waals surface area contributed by atoms with E-state index < -0.39 is 0 Å². The van der Waals surface area contributed by atoms with Gasteiger partial charge in [0, 0.05) is 17.8 Å². The van der Waals surface area contributed by atoms with Gasteiger partial charge in [0.05, 0.1) is 7.11 Å². The molecule has 0 spiro atoms. The van der Waals surface area contributed by atoms with Crippen LogP contribution in [0.3, 0.4) is 0 Å². The van der Waals surface area contributed by atoms with Gasteiger partial charge in [-0.25, -0.2) is 4.39 Å². The van der Waals surface area contributed by atoms with Crippen LogP contribution in [0.15, 0.2) is 66.7 Å². The van der Waals surface area contributed by atoms with Crippen LogP contribution >= 0.6 is 0 Å². The average Bonchev–Trinajstić information content (AvgIpc) is 2.67. The topological polar surface area (TPSA) is 30.5 Å². The second kappa shape index (κ2) is 8.39. The Morgan fingerprint density at radius 1 is 0.923 bits per heavy atom. The zero-order chi connectivity index (χ0) is 18.4. The molecule has 0 heterocycles. The van der Waals surface area contributed by atoms with E-state index in [-0.39, 0.29) is 12.4 Å². The number of methoxy groups -OCH3 is 1. The third-order valence-corrected chi connectivity index (χ3v) is 4.12. The maximum atomic E-state index is 13.7. The smallest absolute Gasteiger partial charge is 0.161 e. The normalized spacial score (nSPS) is 10.4. The van der Waals surface area contributed by atoms with Gasteiger partial charge in [0.2, 0.25) is 0 Å². The summed E-state index contributed by atoms with van der Waals surface area (Å²) in [7, 11) is 1.60. The fourth-order valence-corrected chi connectivity index (χ4v) is 2.59. The van der Waals surface area contributed by atoms with Gasteiger partial charge in [-0.05, 0) is 42.8 Å². The van der Waals surface area contributed by atoms with Crippen LogP contribution in [0.2, 0.25) is 0 Å². The molecular weight excluding hydrogens is 329 g/mol. The molecule has 0 saturated carbocycles. The van der Waals surface area contributed by atoms with Gasteiger partial charge in [-0.1, -0.05) is 42.0 Å². The number of aryl methyl sites for hydroxylation is 1. The number of anilines is 1. The molecule has 3 aromatic rings. The summed E-state index contributed by atoms with van der Waals surface area (Å²) >= 11 is 0. The summed E-state index contributed by atoms with van der Waals surface area (Å²) in [6.45, 7) is 2.89. The quantitative estimate of drug-likeness (QED) is 0.624. The number of hydrogen-bond donors (Lipinski definition) is 1. The van der Waals surface area contributed by atoms with Gasteiger partial charge in [-0.15, -0.1) is 0 Å². The number of halogens is 1. The van der Waals surface area contributed by atoms with Gasteiger partial charge >= 0.3 is 0 Å². The second-order valence-electron chi connectivity index (χ2n) is 6.08. The third kappa shape index (κ3) is 4.54. The summed E-state index contributed by atoms with van der Waals surface area (Å²) in [4.78, 5) is 0. The number of ether oxygens (including phenoxy) is 2. The Kier molecular flexibility index (Phi) is 5.74. The molecule has 3 rings (SSSR count). The number of benzene rings is 3. The van der Waals surface area contributed by atoms with E-state index in [1.165, 1.54) is 11.6 Å². The van der Waals surface area contributed by atoms with Crippen LogP contribution in [0, 0.1) is 12.7 Å². The molecule has 0 bridgehead atoms. The molecule has 0 fully saturated rings. The molecule has 0 aliphatic rings. The van der Waals surface area contributed by atoms with Crippen molar-refractivity contribution in [2.45, 2.75) is 20.1 Å². The number of hydrogen-bond acceptors (Lipinski definition) is 3. The highest BCUT2D eigenvalue weighted by atomic mass is 19.1. The van der Waals surface area contributed by atoms with Crippen LogP contribution < -0.4 is 14.8 Å². The minimum absolute atomic E-state index is 0.157. The van der Waals surface area contributed by atoms with Gasteiger partial charge in [-0.2, -0.15) is 0 Å². The van der Waals surface area contributed by atoms with Crippen LogP contribution in [0.4, 0.5) is 10.1 Å². The fraction of sp³-hybridized carbons (Fsp3) is 0.182. The Hall–Kier alpha value is -3.01. The third-order valence-electron chi connectivity index (χ3n) is 4.12. The largest absolute Gasteiger partial charge is 0.493 e. The van der Waals surface area contributed by atoms with Crippen molar-refractivity contribution in [3.63, 3.8) is 0 Å². The lowest BCUT2D eigenvalue weighted by Gasteiger charge is -2.13. The molecule has 0 aliphatic carbocycles. The molecule has 0 unspecified atom stereocenters. The van der Waals surface area contributed by atoms with Crippen LogP contribution in [0.1, 0.15) is 16.7 Å². The predicted molar refractivity (Wildman–Crippen MR) is 102 cm³/mol. The summed E-state index contributed by atoms with van der Waals surface area (Å²) in [6, 6.07) is 20.6. The number of rotatable bonds is 7. The van der Waals surface area contributed by atoms with E-state index in [0.717, 1.165) is 11.3 Å². The van der Waals surface area contributed by atoms with Gasteiger partial charge < -0.3 is 14.8 Å². The minimum Gasteiger partial charge on any atom is -0.493 e. The highest BCUT2D eigenvalue weighted by Crippen LogP contribution is 2.29. The highest BCUT2D eigenvalue weighted by Gasteiger charge is 2.08. The molecular formula is C22H22FNO2. The minimum atomic E-state index is -0.273. The van der Waals surface area contributed by atoms with Crippen molar-refractivity contribution in [1.82, 2.24) is 0 Å². The highest BCUT2D eigenvalue weighted by molar-refractivity contribution is 5.47. The summed E-state index contributed by atoms with van der Waals surface area (Å²) in [6.07, 6.45) is 0. The van der Waals surface area contributed by atoms with E-state index >= 15 is 0 Å². The SMILES string of the molecule is COc1cc(CNc2ccc(C)cc2)ccc1OCc1ccccc1F. The van der Waals surface area contributed by atoms with Gasteiger partial charge in [-0.3, -0.25) is 0 Å². The molecule has 0 saturated heterocycles. The monoisotopic (exact) mass is 351 g/mol. The summed E-state index contributed by atoms with van der Waals surface area (Å²) in [5, 5.41) is 3.38. The Bertz CT molecular complexity index is 862. The molecule has 0 aliphatic heterocycles. The first kappa shape index (κ1) is 17.8. The predicted octanol–water partition coefficient (Wildman–Crippen LogP) is 5.33. The second-order valence-corrected chi connectivity index (χ2v) is 6.08. The molecule has 0 radical (unpaired) electrons. The van der Waals surface area contributed by atoms with Gasteiger partial charge in [0.1, 0.15) is 12.4 Å². The van der Waals surface area contributed by atoms with Crippen LogP contribution in [-0.2, 0) is 13.2 Å². The molecule has 134 valence electrons. The number of nitrogens with one attached hydrogen (secondary N) is 1. The molecule has 0 aromatic heterocycles. The maximum Gasteiger partial charge on any atom is 0.161 e. The van der Waals surface area contributed by atoms with Crippen LogP contribution in [-0.4, -0.2) is 7.11 Å². The maximum absolute atomic E-state index is 13.7. The lowest BCUT2D eigenvalue weighted by molar-refractivity contribution is 0.279. The van der Waals surface area contributed by atoms with E-state index in [0.29, 0.717) is 23.6 Å². The van der Waals surface area contributed by atoms with E-state index in [4.69, 9.17) is 9.47 Å². The standard InChI is InChI=1S/C22H22FNO2/c1-16-7-10-19(11-8-16)24-14-17-9-12-21(22(13-17)25-2)26-15-18-5-3-4-6-20(18)23/h3-13,24H,14-15H2,1-2H3. The molecule has 0 atom stereocenters. The summed E-state index contributed by atoms with van der Waals surface area (Å²) in [5.41, 5.74) is 3.88. The van der Waals surface area contributed by atoms with Crippen molar-refractivity contribution in [2.75, 3.05) is 12.4 Å². The molecule has 0 amide bonds. The van der Waals surface area contributed by atoms with Crippen molar-refractivity contribution in [3.05, 3.63) is 89.2 Å². The molecule has 3 nitrogen and oxygen atoms in total. The van der Waals surface area contributed by atoms with Crippen LogP contribution in [0.5, 0.6) is 11.5 Å². The molecule has 26 heavy (non-hydrogen) atoms. The van der Waals surface area contributed by atoms with Crippen molar-refractivity contribution >= 4 is 5.69 Å². The first-order valence-corrected chi connectivity index (χ1v) is 8.49. The van der Waals surface area contributed by atoms with Crippen LogP contribution in [0.25, 0.3) is 0 Å². The lowest BCUT2D eigenvalue weighted by atomic mass is 10.2. The van der Waals surface area contributed by atoms with Crippen molar-refractivity contribution in [2.24, 2.45) is 0 Å². The Balaban J connectivity index is 1.65. The van der Waals surface area contributed by atoms with E-state index in [2.05, 4.69) is 36.5 Å². The molecule has 1 N–H and O–H groups in total. The Labute approximate surface area is 153 Å². The van der Waals surface area contributed by atoms with E-state index in [1.807, 2.05) is 18.2 Å². The zero-order valence-electron chi connectivity index (χ0n) is 15.0. The summed E-state index contributed by atoms with van der Waals surface area (Å²) in [5.74, 6) is 0.949. The zero-order valence-corrected chi connectivity index (χ0v) is 15.0. The van der Waals surface area contributed by atoms with E-state index in [1.54, 1.807) is 25.3 Å². The first-order chi connectivity index (χ1) is 12.7. The van der Waals surface area contributed by atoms with E-state index in [9.17, 15) is 4.39 Å². The first-order valence-electron chi connectivity index (χ1n) is 8.49. The fourth-order valence-electron chi connectivity index (χ4n) is 2.59. The van der Waals surface area contributed by atoms with Crippen molar-refractivity contribution < 1.29 is 13.9 Å². The molecule has 3 aromatic carbocycles. The molecule has 4 heteroatoms. The average molecular weight is 351 g/mol. The van der Waals surface area contributed by atoms with Gasteiger partial charge in [0.15, 0.2) is 11.5 Å². The summed E-state index contributed by atoms with van der Waals surface area (Å²) < 4.78 is 24.9.